The molecule has 0 spiro atoms. The molecule has 0 aromatic carbocycles. The van der Waals surface area contributed by atoms with Gasteiger partial charge in [0.05, 0.1) is 18.1 Å². The summed E-state index contributed by atoms with van der Waals surface area (Å²) in [6.45, 7) is 5.05. The number of aliphatic hydroxyl groups excluding tert-OH is 2. The number of thiol groups is 1. The fourth-order valence-electron chi connectivity index (χ4n) is 7.16. The van der Waals surface area contributed by atoms with Crippen LogP contribution in [0.15, 0.2) is 36.0 Å². The molecule has 0 aromatic rings. The molecule has 0 amide bonds. The Hall–Kier alpha value is -1.35. The molecule has 32 heavy (non-hydrogen) atoms. The number of ether oxygens (including phenoxy) is 1. The van der Waals surface area contributed by atoms with Crippen LogP contribution in [-0.2, 0) is 14.3 Å². The summed E-state index contributed by atoms with van der Waals surface area (Å²) < 4.78 is 38.2. The van der Waals surface area contributed by atoms with Crippen molar-refractivity contribution in [1.29, 1.82) is 0 Å². The average Bonchev–Trinajstić information content (AvgIpc) is 2.97. The number of alkyl halides is 2. The van der Waals surface area contributed by atoms with Crippen LogP contribution in [0.2, 0.25) is 0 Å². The van der Waals surface area contributed by atoms with E-state index in [1.807, 2.05) is 0 Å². The molecule has 4 rings (SSSR count). The molecule has 0 saturated heterocycles. The van der Waals surface area contributed by atoms with Crippen LogP contribution >= 0.6 is 12.6 Å². The highest BCUT2D eigenvalue weighted by molar-refractivity contribution is 7.96. The summed E-state index contributed by atoms with van der Waals surface area (Å²) in [7, 11) is 0. The van der Waals surface area contributed by atoms with Gasteiger partial charge in [-0.25, -0.2) is 8.78 Å². The largest absolute Gasteiger partial charge is 0.390 e. The van der Waals surface area contributed by atoms with Crippen LogP contribution in [0.3, 0.4) is 0 Å². The minimum absolute atomic E-state index is 0.0389. The van der Waals surface area contributed by atoms with Gasteiger partial charge in [0.25, 0.3) is 0 Å². The van der Waals surface area contributed by atoms with E-state index in [0.29, 0.717) is 0 Å². The first kappa shape index (κ1) is 23.8. The van der Waals surface area contributed by atoms with Crippen molar-refractivity contribution in [3.8, 4) is 0 Å². The minimum Gasteiger partial charge on any atom is -0.390 e. The van der Waals surface area contributed by atoms with E-state index in [4.69, 9.17) is 4.74 Å². The third kappa shape index (κ3) is 3.13. The Bertz CT molecular complexity index is 918. The van der Waals surface area contributed by atoms with Crippen molar-refractivity contribution >= 4 is 23.5 Å². The summed E-state index contributed by atoms with van der Waals surface area (Å²) in [5, 5.41) is 20.9. The SMILES string of the molecule is C/C=C/[C@H](O)O[C@@H]1CC2C3C[C@H](F)C4=CC(=O)C=C[C@]4(C)[C@@]3(F)[C@@H](O)C[C@]2(C)[C@H]1C(=O)S. The summed E-state index contributed by atoms with van der Waals surface area (Å²) in [6.07, 6.45) is 1.78. The Morgan fingerprint density at radius 3 is 2.66 bits per heavy atom. The second-order valence-corrected chi connectivity index (χ2v) is 10.5. The van der Waals surface area contributed by atoms with Gasteiger partial charge in [-0.1, -0.05) is 19.1 Å². The van der Waals surface area contributed by atoms with Crippen molar-refractivity contribution in [2.45, 2.75) is 70.4 Å². The third-order valence-electron chi connectivity index (χ3n) is 8.57. The standard InChI is InChI=1S/C24H30F2O5S/c1-4-5-19(29)31-17-10-13-14-9-16(25)15-8-12(27)6-7-23(15,3)24(14,26)18(28)11-22(13,2)20(17)21(30)32/h4-8,13-14,16-20,28-29H,9-11H2,1-3H3,(H,30,32)/b5-4+/t13?,14?,16-,17+,18-,19+,20+,22-,23-,24-/m0/s1. The Kier molecular flexibility index (Phi) is 5.84. The van der Waals surface area contributed by atoms with Crippen LogP contribution in [0, 0.1) is 28.6 Å². The van der Waals surface area contributed by atoms with Gasteiger partial charge in [-0.05, 0) is 68.2 Å². The van der Waals surface area contributed by atoms with Gasteiger partial charge in [0, 0.05) is 11.3 Å². The molecule has 4 aliphatic carbocycles. The number of carbonyl (C=O) groups is 2. The van der Waals surface area contributed by atoms with E-state index in [9.17, 15) is 19.8 Å². The zero-order valence-corrected chi connectivity index (χ0v) is 19.3. The van der Waals surface area contributed by atoms with E-state index in [1.54, 1.807) is 19.9 Å². The Morgan fingerprint density at radius 2 is 2.03 bits per heavy atom. The molecular formula is C24H30F2O5S. The number of hydrogen-bond donors (Lipinski definition) is 3. The first-order chi connectivity index (χ1) is 14.9. The number of aliphatic hydroxyl groups is 2. The number of ketones is 1. The zero-order valence-electron chi connectivity index (χ0n) is 18.4. The van der Waals surface area contributed by atoms with Gasteiger partial charge in [0.15, 0.2) is 22.9 Å². The molecule has 0 radical (unpaired) electrons. The lowest BCUT2D eigenvalue weighted by Crippen LogP contribution is -2.68. The minimum atomic E-state index is -2.22. The van der Waals surface area contributed by atoms with Crippen LogP contribution in [-0.4, -0.2) is 51.4 Å². The second-order valence-electron chi connectivity index (χ2n) is 10.1. The third-order valence-corrected chi connectivity index (χ3v) is 8.85. The smallest absolute Gasteiger partial charge is 0.192 e. The second kappa shape index (κ2) is 7.86. The van der Waals surface area contributed by atoms with Gasteiger partial charge in [-0.15, -0.1) is 12.6 Å². The summed E-state index contributed by atoms with van der Waals surface area (Å²) in [5.74, 6) is -2.58. The number of halogens is 2. The lowest BCUT2D eigenvalue weighted by molar-refractivity contribution is -0.201. The molecule has 8 heteroatoms. The molecule has 0 aromatic heterocycles. The van der Waals surface area contributed by atoms with Crippen molar-refractivity contribution in [3.05, 3.63) is 36.0 Å². The van der Waals surface area contributed by atoms with Crippen molar-refractivity contribution < 1.29 is 33.3 Å². The van der Waals surface area contributed by atoms with Crippen molar-refractivity contribution in [1.82, 2.24) is 0 Å². The van der Waals surface area contributed by atoms with Gasteiger partial charge in [-0.2, -0.15) is 0 Å². The Labute approximate surface area is 192 Å². The summed E-state index contributed by atoms with van der Waals surface area (Å²) in [6, 6.07) is 0. The maximum Gasteiger partial charge on any atom is 0.192 e. The first-order valence-electron chi connectivity index (χ1n) is 11.1. The van der Waals surface area contributed by atoms with E-state index in [1.165, 1.54) is 25.2 Å². The van der Waals surface area contributed by atoms with Crippen molar-refractivity contribution in [2.75, 3.05) is 0 Å². The molecule has 3 saturated carbocycles. The fraction of sp³-hybridized carbons (Fsp3) is 0.667. The lowest BCUT2D eigenvalue weighted by atomic mass is 9.45. The number of rotatable bonds is 4. The Morgan fingerprint density at radius 1 is 1.34 bits per heavy atom. The predicted octanol–water partition coefficient (Wildman–Crippen LogP) is 3.27. The molecule has 0 bridgehead atoms. The molecule has 10 atom stereocenters. The zero-order chi connectivity index (χ0) is 23.6. The topological polar surface area (TPSA) is 83.8 Å². The van der Waals surface area contributed by atoms with E-state index >= 15 is 8.78 Å². The van der Waals surface area contributed by atoms with Crippen LogP contribution in [0.5, 0.6) is 0 Å². The van der Waals surface area contributed by atoms with Gasteiger partial charge in [0.1, 0.15) is 6.17 Å². The summed E-state index contributed by atoms with van der Waals surface area (Å²) in [5.41, 5.74) is -4.52. The maximum atomic E-state index is 17.1. The number of fused-ring (bicyclic) bond motifs is 5. The van der Waals surface area contributed by atoms with Crippen LogP contribution < -0.4 is 0 Å². The molecule has 2 unspecified atom stereocenters. The van der Waals surface area contributed by atoms with Gasteiger partial charge >= 0.3 is 0 Å². The van der Waals surface area contributed by atoms with E-state index in [0.717, 1.165) is 6.08 Å². The molecule has 2 N–H and O–H groups in total. The van der Waals surface area contributed by atoms with Crippen molar-refractivity contribution in [3.63, 3.8) is 0 Å². The highest BCUT2D eigenvalue weighted by Crippen LogP contribution is 2.69. The van der Waals surface area contributed by atoms with Gasteiger partial charge in [-0.3, -0.25) is 9.59 Å². The molecule has 176 valence electrons. The normalized spacial score (nSPS) is 48.8. The number of hydrogen-bond acceptors (Lipinski definition) is 5. The monoisotopic (exact) mass is 468 g/mol. The molecule has 0 heterocycles. The molecule has 0 aliphatic heterocycles. The molecular weight excluding hydrogens is 438 g/mol. The van der Waals surface area contributed by atoms with E-state index < -0.39 is 69.8 Å². The molecule has 4 aliphatic rings. The number of carbonyl (C=O) groups excluding carboxylic acids is 2. The molecule has 5 nitrogen and oxygen atoms in total. The lowest BCUT2D eigenvalue weighted by Gasteiger charge is -2.62. The van der Waals surface area contributed by atoms with Gasteiger partial charge in [0.2, 0.25) is 0 Å². The van der Waals surface area contributed by atoms with E-state index in [-0.39, 0.29) is 24.8 Å². The first-order valence-corrected chi connectivity index (χ1v) is 11.5. The van der Waals surface area contributed by atoms with E-state index in [2.05, 4.69) is 12.6 Å². The van der Waals surface area contributed by atoms with Crippen molar-refractivity contribution in [2.24, 2.45) is 28.6 Å². The predicted molar refractivity (Wildman–Crippen MR) is 117 cm³/mol. The Balaban J connectivity index is 1.79. The quantitative estimate of drug-likeness (QED) is 0.335. The average molecular weight is 469 g/mol. The highest BCUT2D eigenvalue weighted by atomic mass is 32.1. The van der Waals surface area contributed by atoms with Crippen LogP contribution in [0.4, 0.5) is 8.78 Å². The molecule has 3 fully saturated rings. The van der Waals surface area contributed by atoms with Crippen LogP contribution in [0.25, 0.3) is 0 Å². The number of allylic oxidation sites excluding steroid dienone is 5. The van der Waals surface area contributed by atoms with Gasteiger partial charge < -0.3 is 14.9 Å². The maximum absolute atomic E-state index is 17.1. The summed E-state index contributed by atoms with van der Waals surface area (Å²) >= 11 is 4.06. The highest BCUT2D eigenvalue weighted by Gasteiger charge is 2.73. The van der Waals surface area contributed by atoms with Crippen LogP contribution in [0.1, 0.15) is 40.0 Å². The fourth-order valence-corrected chi connectivity index (χ4v) is 7.62. The summed E-state index contributed by atoms with van der Waals surface area (Å²) in [4.78, 5) is 24.5.